The molecule has 102 valence electrons. The highest BCUT2D eigenvalue weighted by molar-refractivity contribution is 6.04. The summed E-state index contributed by atoms with van der Waals surface area (Å²) in [6.45, 7) is 1.31. The number of carbonyl (C=O) groups is 3. The number of anilines is 1. The lowest BCUT2D eigenvalue weighted by atomic mass is 10.1. The van der Waals surface area contributed by atoms with Gasteiger partial charge in [-0.25, -0.2) is 0 Å². The maximum atomic E-state index is 11.6. The molecule has 0 saturated carbocycles. The SMILES string of the molecule is CC(C(=O)O)C(=O)Nc1ccc(C(=O)N(C)C)cc1. The lowest BCUT2D eigenvalue weighted by molar-refractivity contribution is -0.144. The second-order valence-corrected chi connectivity index (χ2v) is 4.33. The Hall–Kier alpha value is -2.37. The van der Waals surface area contributed by atoms with Crippen molar-refractivity contribution in [3.05, 3.63) is 29.8 Å². The number of carboxylic acid groups (broad SMARTS) is 1. The van der Waals surface area contributed by atoms with Crippen molar-refractivity contribution >= 4 is 23.5 Å². The van der Waals surface area contributed by atoms with Crippen LogP contribution in [-0.4, -0.2) is 41.9 Å². The number of nitrogens with one attached hydrogen (secondary N) is 1. The standard InChI is InChI=1S/C13H16N2O4/c1-8(13(18)19)11(16)14-10-6-4-9(5-7-10)12(17)15(2)3/h4-8H,1-3H3,(H,14,16)(H,18,19). The normalized spacial score (nSPS) is 11.5. The van der Waals surface area contributed by atoms with Crippen LogP contribution in [0.25, 0.3) is 0 Å². The van der Waals surface area contributed by atoms with Crippen molar-refractivity contribution in [2.24, 2.45) is 5.92 Å². The minimum Gasteiger partial charge on any atom is -0.481 e. The van der Waals surface area contributed by atoms with E-state index in [1.54, 1.807) is 38.4 Å². The first-order valence-corrected chi connectivity index (χ1v) is 5.68. The number of nitrogens with zero attached hydrogens (tertiary/aromatic N) is 1. The van der Waals surface area contributed by atoms with Crippen molar-refractivity contribution in [3.63, 3.8) is 0 Å². The first-order chi connectivity index (χ1) is 8.82. The quantitative estimate of drug-likeness (QED) is 0.796. The van der Waals surface area contributed by atoms with E-state index < -0.39 is 17.8 Å². The van der Waals surface area contributed by atoms with Crippen LogP contribution in [0.2, 0.25) is 0 Å². The van der Waals surface area contributed by atoms with Crippen LogP contribution in [0.1, 0.15) is 17.3 Å². The fraction of sp³-hybridized carbons (Fsp3) is 0.308. The third-order valence-electron chi connectivity index (χ3n) is 2.57. The highest BCUT2D eigenvalue weighted by Gasteiger charge is 2.20. The van der Waals surface area contributed by atoms with Crippen LogP contribution in [0.4, 0.5) is 5.69 Å². The average Bonchev–Trinajstić information content (AvgIpc) is 2.37. The van der Waals surface area contributed by atoms with Crippen molar-refractivity contribution in [2.45, 2.75) is 6.92 Å². The van der Waals surface area contributed by atoms with Gasteiger partial charge in [0.25, 0.3) is 5.91 Å². The van der Waals surface area contributed by atoms with E-state index in [4.69, 9.17) is 5.11 Å². The summed E-state index contributed by atoms with van der Waals surface area (Å²) in [5.41, 5.74) is 0.947. The summed E-state index contributed by atoms with van der Waals surface area (Å²) in [4.78, 5) is 35.2. The third kappa shape index (κ3) is 3.80. The van der Waals surface area contributed by atoms with Crippen molar-refractivity contribution in [2.75, 3.05) is 19.4 Å². The smallest absolute Gasteiger partial charge is 0.315 e. The van der Waals surface area contributed by atoms with E-state index in [2.05, 4.69) is 5.32 Å². The number of carbonyl (C=O) groups excluding carboxylic acids is 2. The molecule has 0 radical (unpaired) electrons. The number of aliphatic carboxylic acids is 1. The molecule has 0 aromatic heterocycles. The van der Waals surface area contributed by atoms with Gasteiger partial charge in [-0.1, -0.05) is 0 Å². The molecule has 1 aromatic rings. The van der Waals surface area contributed by atoms with Crippen LogP contribution in [0.3, 0.4) is 0 Å². The van der Waals surface area contributed by atoms with Crippen molar-refractivity contribution < 1.29 is 19.5 Å². The van der Waals surface area contributed by atoms with E-state index in [1.165, 1.54) is 11.8 Å². The molecule has 0 heterocycles. The molecule has 1 atom stereocenters. The van der Waals surface area contributed by atoms with E-state index in [1.807, 2.05) is 0 Å². The Morgan fingerprint density at radius 2 is 1.68 bits per heavy atom. The van der Waals surface area contributed by atoms with Gasteiger partial charge in [-0.05, 0) is 31.2 Å². The van der Waals surface area contributed by atoms with Gasteiger partial charge < -0.3 is 15.3 Å². The summed E-state index contributed by atoms with van der Waals surface area (Å²) in [6, 6.07) is 6.26. The molecule has 6 heteroatoms. The number of benzene rings is 1. The molecule has 1 unspecified atom stereocenters. The number of hydrogen-bond acceptors (Lipinski definition) is 3. The Morgan fingerprint density at radius 1 is 1.16 bits per heavy atom. The molecule has 0 aliphatic heterocycles. The molecule has 0 saturated heterocycles. The van der Waals surface area contributed by atoms with Crippen LogP contribution in [0, 0.1) is 5.92 Å². The zero-order valence-electron chi connectivity index (χ0n) is 11.0. The molecule has 0 aliphatic carbocycles. The Balaban J connectivity index is 2.75. The first kappa shape index (κ1) is 14.7. The molecular weight excluding hydrogens is 248 g/mol. The maximum absolute atomic E-state index is 11.6. The van der Waals surface area contributed by atoms with Gasteiger partial charge in [-0.2, -0.15) is 0 Å². The highest BCUT2D eigenvalue weighted by Crippen LogP contribution is 2.12. The molecule has 6 nitrogen and oxygen atoms in total. The minimum atomic E-state index is -1.18. The fourth-order valence-electron chi connectivity index (χ4n) is 1.32. The number of carboxylic acids is 1. The highest BCUT2D eigenvalue weighted by atomic mass is 16.4. The molecule has 1 rings (SSSR count). The Morgan fingerprint density at radius 3 is 2.11 bits per heavy atom. The van der Waals surface area contributed by atoms with Gasteiger partial charge in [0.15, 0.2) is 0 Å². The van der Waals surface area contributed by atoms with Gasteiger partial charge in [-0.15, -0.1) is 0 Å². The van der Waals surface area contributed by atoms with Crippen LogP contribution in [0.15, 0.2) is 24.3 Å². The van der Waals surface area contributed by atoms with Gasteiger partial charge in [0.2, 0.25) is 5.91 Å². The number of hydrogen-bond donors (Lipinski definition) is 2. The molecule has 1 aromatic carbocycles. The molecular formula is C13H16N2O4. The first-order valence-electron chi connectivity index (χ1n) is 5.68. The van der Waals surface area contributed by atoms with E-state index in [-0.39, 0.29) is 5.91 Å². The zero-order valence-corrected chi connectivity index (χ0v) is 11.0. The van der Waals surface area contributed by atoms with E-state index in [0.29, 0.717) is 11.3 Å². The van der Waals surface area contributed by atoms with Gasteiger partial charge in [0, 0.05) is 25.3 Å². The van der Waals surface area contributed by atoms with Crippen molar-refractivity contribution in [1.29, 1.82) is 0 Å². The van der Waals surface area contributed by atoms with Gasteiger partial charge >= 0.3 is 5.97 Å². The van der Waals surface area contributed by atoms with Gasteiger partial charge in [0.05, 0.1) is 0 Å². The topological polar surface area (TPSA) is 86.7 Å². The predicted molar refractivity (Wildman–Crippen MR) is 69.9 cm³/mol. The lowest BCUT2D eigenvalue weighted by Gasteiger charge is -2.11. The Bertz CT molecular complexity index is 494. The number of amides is 2. The monoisotopic (exact) mass is 264 g/mol. The summed E-state index contributed by atoms with van der Waals surface area (Å²) in [5.74, 6) is -3.05. The van der Waals surface area contributed by atoms with Gasteiger partial charge in [-0.3, -0.25) is 14.4 Å². The second-order valence-electron chi connectivity index (χ2n) is 4.33. The molecule has 0 spiro atoms. The number of rotatable bonds is 4. The molecule has 0 fully saturated rings. The van der Waals surface area contributed by atoms with Crippen LogP contribution in [-0.2, 0) is 9.59 Å². The van der Waals surface area contributed by atoms with Crippen LogP contribution < -0.4 is 5.32 Å². The Kier molecular flexibility index (Phi) is 4.63. The Labute approximate surface area is 111 Å². The molecule has 19 heavy (non-hydrogen) atoms. The van der Waals surface area contributed by atoms with Crippen molar-refractivity contribution in [3.8, 4) is 0 Å². The fourth-order valence-corrected chi connectivity index (χ4v) is 1.32. The molecule has 0 aliphatic rings. The zero-order chi connectivity index (χ0) is 14.6. The van der Waals surface area contributed by atoms with Crippen molar-refractivity contribution in [1.82, 2.24) is 4.90 Å². The summed E-state index contributed by atoms with van der Waals surface area (Å²) >= 11 is 0. The average molecular weight is 264 g/mol. The third-order valence-corrected chi connectivity index (χ3v) is 2.57. The molecule has 2 amide bonds. The molecule has 2 N–H and O–H groups in total. The van der Waals surface area contributed by atoms with Gasteiger partial charge in [0.1, 0.15) is 5.92 Å². The summed E-state index contributed by atoms with van der Waals surface area (Å²) in [6.07, 6.45) is 0. The minimum absolute atomic E-state index is 0.142. The summed E-state index contributed by atoms with van der Waals surface area (Å²) < 4.78 is 0. The largest absolute Gasteiger partial charge is 0.481 e. The lowest BCUT2D eigenvalue weighted by Crippen LogP contribution is -2.27. The van der Waals surface area contributed by atoms with E-state index in [9.17, 15) is 14.4 Å². The van der Waals surface area contributed by atoms with Crippen LogP contribution >= 0.6 is 0 Å². The summed E-state index contributed by atoms with van der Waals surface area (Å²) in [5, 5.41) is 11.2. The summed E-state index contributed by atoms with van der Waals surface area (Å²) in [7, 11) is 3.29. The maximum Gasteiger partial charge on any atom is 0.315 e. The predicted octanol–water partition coefficient (Wildman–Crippen LogP) is 1.05. The van der Waals surface area contributed by atoms with Crippen LogP contribution in [0.5, 0.6) is 0 Å². The van der Waals surface area contributed by atoms with E-state index in [0.717, 1.165) is 0 Å². The molecule has 0 bridgehead atoms. The second kappa shape index (κ2) is 5.99. The van der Waals surface area contributed by atoms with E-state index >= 15 is 0 Å².